The van der Waals surface area contributed by atoms with Gasteiger partial charge in [0.25, 0.3) is 0 Å². The summed E-state index contributed by atoms with van der Waals surface area (Å²) in [5.74, 6) is 0.270. The van der Waals surface area contributed by atoms with Gasteiger partial charge in [-0.3, -0.25) is 4.79 Å². The number of H-pyrrole nitrogens is 1. The lowest BCUT2D eigenvalue weighted by atomic mass is 10.0. The van der Waals surface area contributed by atoms with Crippen LogP contribution in [0, 0.1) is 0 Å². The van der Waals surface area contributed by atoms with Crippen LogP contribution in [-0.2, 0) is 23.8 Å². The van der Waals surface area contributed by atoms with E-state index in [0.717, 1.165) is 17.7 Å². The Bertz CT molecular complexity index is 878. The number of alkyl halides is 3. The Labute approximate surface area is 154 Å². The Kier molecular flexibility index (Phi) is 5.59. The van der Waals surface area contributed by atoms with Crippen LogP contribution in [0.5, 0.6) is 5.75 Å². The molecular formula is C20H17F3N2O2. The van der Waals surface area contributed by atoms with E-state index in [0.29, 0.717) is 5.82 Å². The lowest BCUT2D eigenvalue weighted by Crippen LogP contribution is -2.31. The largest absolute Gasteiger partial charge is 0.482 e. The number of ketones is 1. The summed E-state index contributed by atoms with van der Waals surface area (Å²) in [5.41, 5.74) is -0.0214. The Balaban J connectivity index is 1.80. The number of aromatic amines is 1. The van der Waals surface area contributed by atoms with Gasteiger partial charge >= 0.3 is 6.18 Å². The summed E-state index contributed by atoms with van der Waals surface area (Å²) < 4.78 is 44.4. The molecule has 1 aromatic heterocycles. The number of benzene rings is 2. The standard InChI is InChI=1S/C20H17F3N2O2/c21-20(22,23)15-7-4-8-16(12-15)27-18(13-19-24-9-10-25-19)17(26)11-14-5-2-1-3-6-14/h1-10,12,18H,11,13H2,(H,24,25)/t18-/m0/s1. The van der Waals surface area contributed by atoms with E-state index in [1.807, 2.05) is 30.3 Å². The number of nitrogens with one attached hydrogen (secondary N) is 1. The summed E-state index contributed by atoms with van der Waals surface area (Å²) in [6.07, 6.45) is -2.04. The molecule has 27 heavy (non-hydrogen) atoms. The summed E-state index contributed by atoms with van der Waals surface area (Å²) in [5, 5.41) is 0. The van der Waals surface area contributed by atoms with Crippen molar-refractivity contribution >= 4 is 5.78 Å². The SMILES string of the molecule is O=C(Cc1ccccc1)[C@H](Cc1ncc[nH]1)Oc1cccc(C(F)(F)F)c1. The van der Waals surface area contributed by atoms with Crippen LogP contribution in [0.4, 0.5) is 13.2 Å². The van der Waals surface area contributed by atoms with Crippen LogP contribution in [0.15, 0.2) is 67.0 Å². The van der Waals surface area contributed by atoms with Gasteiger partial charge in [-0.1, -0.05) is 36.4 Å². The number of carbonyl (C=O) groups excluding carboxylic acids is 1. The third kappa shape index (κ3) is 5.20. The van der Waals surface area contributed by atoms with Gasteiger partial charge in [-0.2, -0.15) is 13.2 Å². The molecule has 0 aliphatic heterocycles. The first-order chi connectivity index (χ1) is 12.9. The fourth-order valence-electron chi connectivity index (χ4n) is 2.63. The van der Waals surface area contributed by atoms with Crippen molar-refractivity contribution < 1.29 is 22.7 Å². The van der Waals surface area contributed by atoms with E-state index in [2.05, 4.69) is 9.97 Å². The van der Waals surface area contributed by atoms with Gasteiger partial charge in [0.2, 0.25) is 0 Å². The molecule has 0 saturated carbocycles. The number of rotatable bonds is 7. The smallest absolute Gasteiger partial charge is 0.416 e. The Hall–Kier alpha value is -3.09. The Morgan fingerprint density at radius 3 is 2.56 bits per heavy atom. The molecule has 2 aromatic carbocycles. The molecular weight excluding hydrogens is 357 g/mol. The van der Waals surface area contributed by atoms with Crippen molar-refractivity contribution in [3.63, 3.8) is 0 Å². The number of hydrogen-bond donors (Lipinski definition) is 1. The van der Waals surface area contributed by atoms with E-state index in [4.69, 9.17) is 4.74 Å². The average molecular weight is 374 g/mol. The highest BCUT2D eigenvalue weighted by Crippen LogP contribution is 2.31. The summed E-state index contributed by atoms with van der Waals surface area (Å²) in [6, 6.07) is 13.6. The van der Waals surface area contributed by atoms with Crippen LogP contribution in [0.3, 0.4) is 0 Å². The summed E-state index contributed by atoms with van der Waals surface area (Å²) in [6.45, 7) is 0. The molecule has 140 valence electrons. The number of halogens is 3. The van der Waals surface area contributed by atoms with Crippen molar-refractivity contribution in [1.82, 2.24) is 9.97 Å². The molecule has 1 heterocycles. The normalized spacial score (nSPS) is 12.6. The molecule has 7 heteroatoms. The van der Waals surface area contributed by atoms with Gasteiger partial charge in [-0.05, 0) is 23.8 Å². The lowest BCUT2D eigenvalue weighted by molar-refractivity contribution is -0.137. The second-order valence-electron chi connectivity index (χ2n) is 6.00. The third-order valence-electron chi connectivity index (χ3n) is 3.95. The molecule has 0 fully saturated rings. The maximum Gasteiger partial charge on any atom is 0.416 e. The molecule has 0 bridgehead atoms. The van der Waals surface area contributed by atoms with E-state index in [1.54, 1.807) is 12.4 Å². The molecule has 1 atom stereocenters. The predicted molar refractivity (Wildman–Crippen MR) is 93.3 cm³/mol. The number of hydrogen-bond acceptors (Lipinski definition) is 3. The second-order valence-corrected chi connectivity index (χ2v) is 6.00. The van der Waals surface area contributed by atoms with Gasteiger partial charge in [0.05, 0.1) is 5.56 Å². The van der Waals surface area contributed by atoms with Crippen molar-refractivity contribution in [1.29, 1.82) is 0 Å². The minimum atomic E-state index is -4.48. The number of aromatic nitrogens is 2. The van der Waals surface area contributed by atoms with Crippen LogP contribution < -0.4 is 4.74 Å². The lowest BCUT2D eigenvalue weighted by Gasteiger charge is -2.18. The zero-order valence-corrected chi connectivity index (χ0v) is 14.2. The van der Waals surface area contributed by atoms with E-state index >= 15 is 0 Å². The minimum absolute atomic E-state index is 0.0113. The van der Waals surface area contributed by atoms with Gasteiger partial charge in [-0.15, -0.1) is 0 Å². The molecule has 4 nitrogen and oxygen atoms in total. The highest BCUT2D eigenvalue weighted by molar-refractivity contribution is 5.85. The topological polar surface area (TPSA) is 55.0 Å². The van der Waals surface area contributed by atoms with Crippen molar-refractivity contribution in [2.75, 3.05) is 0 Å². The first kappa shape index (κ1) is 18.7. The average Bonchev–Trinajstić information content (AvgIpc) is 3.15. The van der Waals surface area contributed by atoms with Crippen LogP contribution in [0.1, 0.15) is 17.0 Å². The minimum Gasteiger partial charge on any atom is -0.482 e. The van der Waals surface area contributed by atoms with E-state index < -0.39 is 17.8 Å². The van der Waals surface area contributed by atoms with Crippen LogP contribution in [-0.4, -0.2) is 21.9 Å². The third-order valence-corrected chi connectivity index (χ3v) is 3.95. The predicted octanol–water partition coefficient (Wildman–Crippen LogP) is 4.23. The molecule has 0 aliphatic rings. The van der Waals surface area contributed by atoms with Gasteiger partial charge in [0, 0.05) is 25.2 Å². The Morgan fingerprint density at radius 2 is 1.89 bits per heavy atom. The van der Waals surface area contributed by atoms with Crippen LogP contribution >= 0.6 is 0 Å². The zero-order chi connectivity index (χ0) is 19.3. The molecule has 0 amide bonds. The number of nitrogens with zero attached hydrogens (tertiary/aromatic N) is 1. The number of carbonyl (C=O) groups is 1. The fraction of sp³-hybridized carbons (Fsp3) is 0.200. The molecule has 3 aromatic rings. The van der Waals surface area contributed by atoms with Gasteiger partial charge < -0.3 is 9.72 Å². The molecule has 0 unspecified atom stereocenters. The van der Waals surface area contributed by atoms with Crippen molar-refractivity contribution in [2.45, 2.75) is 25.1 Å². The quantitative estimate of drug-likeness (QED) is 0.673. The van der Waals surface area contributed by atoms with Gasteiger partial charge in [-0.25, -0.2) is 4.98 Å². The first-order valence-electron chi connectivity index (χ1n) is 8.30. The van der Waals surface area contributed by atoms with Crippen LogP contribution in [0.2, 0.25) is 0 Å². The maximum absolute atomic E-state index is 12.9. The zero-order valence-electron chi connectivity index (χ0n) is 14.2. The molecule has 0 radical (unpaired) electrons. The molecule has 1 N–H and O–H groups in total. The molecule has 0 aliphatic carbocycles. The van der Waals surface area contributed by atoms with Gasteiger partial charge in [0.1, 0.15) is 11.6 Å². The fourth-order valence-corrected chi connectivity index (χ4v) is 2.63. The second kappa shape index (κ2) is 8.07. The van der Waals surface area contributed by atoms with Crippen molar-refractivity contribution in [2.24, 2.45) is 0 Å². The summed E-state index contributed by atoms with van der Waals surface area (Å²) >= 11 is 0. The number of ether oxygens (including phenoxy) is 1. The summed E-state index contributed by atoms with van der Waals surface area (Å²) in [7, 11) is 0. The molecule has 0 saturated heterocycles. The van der Waals surface area contributed by atoms with E-state index in [-0.39, 0.29) is 24.4 Å². The number of Topliss-reactive ketones (excluding diaryl/α,β-unsaturated/α-hetero) is 1. The molecule has 0 spiro atoms. The highest BCUT2D eigenvalue weighted by Gasteiger charge is 2.31. The Morgan fingerprint density at radius 1 is 1.11 bits per heavy atom. The van der Waals surface area contributed by atoms with E-state index in [9.17, 15) is 18.0 Å². The van der Waals surface area contributed by atoms with Crippen molar-refractivity contribution in [3.05, 3.63) is 83.9 Å². The van der Waals surface area contributed by atoms with Crippen LogP contribution in [0.25, 0.3) is 0 Å². The monoisotopic (exact) mass is 374 g/mol. The number of imidazole rings is 1. The van der Waals surface area contributed by atoms with Gasteiger partial charge in [0.15, 0.2) is 11.9 Å². The van der Waals surface area contributed by atoms with Crippen molar-refractivity contribution in [3.8, 4) is 5.75 Å². The highest BCUT2D eigenvalue weighted by atomic mass is 19.4. The van der Waals surface area contributed by atoms with E-state index in [1.165, 1.54) is 12.1 Å². The first-order valence-corrected chi connectivity index (χ1v) is 8.30. The maximum atomic E-state index is 12.9. The summed E-state index contributed by atoms with van der Waals surface area (Å²) in [4.78, 5) is 19.7. The molecule has 3 rings (SSSR count).